The smallest absolute Gasteiger partial charge is 0.178 e. The molecule has 0 unspecified atom stereocenters. The molecule has 0 saturated heterocycles. The maximum absolute atomic E-state index is 12.2. The third kappa shape index (κ3) is 5.45. The first kappa shape index (κ1) is 23.7. The number of carbonyl (C=O) groups is 1. The van der Waals surface area contributed by atoms with Crippen molar-refractivity contribution in [2.45, 2.75) is 59.4 Å². The van der Waals surface area contributed by atoms with Gasteiger partial charge < -0.3 is 14.9 Å². The molecule has 2 N–H and O–H groups in total. The first-order valence-electron chi connectivity index (χ1n) is 11.2. The Balaban J connectivity index is 1.92. The maximum Gasteiger partial charge on any atom is 0.178 e. The van der Waals surface area contributed by atoms with Gasteiger partial charge in [0.05, 0.1) is 0 Å². The third-order valence-electron chi connectivity index (χ3n) is 5.75. The van der Waals surface area contributed by atoms with E-state index in [1.54, 1.807) is 12.1 Å². The van der Waals surface area contributed by atoms with E-state index in [0.717, 1.165) is 40.0 Å². The number of rotatable bonds is 9. The average Bonchev–Trinajstić information content (AvgIpc) is 2.81. The van der Waals surface area contributed by atoms with Crippen LogP contribution in [-0.2, 0) is 13.0 Å². The summed E-state index contributed by atoms with van der Waals surface area (Å²) in [7, 11) is 0. The van der Waals surface area contributed by atoms with Crippen molar-refractivity contribution in [3.05, 3.63) is 88.5 Å². The van der Waals surface area contributed by atoms with Crippen molar-refractivity contribution in [3.8, 4) is 16.9 Å². The summed E-state index contributed by atoms with van der Waals surface area (Å²) in [5.41, 5.74) is 6.82. The number of aliphatic hydroxyl groups excluding tert-OH is 1. The fourth-order valence-corrected chi connectivity index (χ4v) is 3.82. The van der Waals surface area contributed by atoms with Gasteiger partial charge in [-0.3, -0.25) is 4.79 Å². The van der Waals surface area contributed by atoms with Crippen LogP contribution in [0.4, 0.5) is 0 Å². The second kappa shape index (κ2) is 10.6. The molecule has 0 aliphatic carbocycles. The highest BCUT2D eigenvalue weighted by molar-refractivity contribution is 5.96. The highest BCUT2D eigenvalue weighted by Gasteiger charge is 2.15. The highest BCUT2D eigenvalue weighted by atomic mass is 16.5. The molecule has 0 bridgehead atoms. The van der Waals surface area contributed by atoms with Gasteiger partial charge in [0.2, 0.25) is 0 Å². The molecule has 0 atom stereocenters. The van der Waals surface area contributed by atoms with E-state index >= 15 is 0 Å². The molecule has 0 spiro atoms. The van der Waals surface area contributed by atoms with Crippen molar-refractivity contribution in [1.29, 1.82) is 0 Å². The summed E-state index contributed by atoms with van der Waals surface area (Å²) in [5, 5.41) is 18.5. The lowest BCUT2D eigenvalue weighted by molar-refractivity contribution is -0.0425. The number of carbonyl (C=O) groups excluding carboxylic acids is 1. The fraction of sp³-hybridized carbons (Fsp3) is 0.321. The predicted molar refractivity (Wildman–Crippen MR) is 128 cm³/mol. The number of ether oxygens (including phenoxy) is 1. The Labute approximate surface area is 190 Å². The van der Waals surface area contributed by atoms with E-state index in [1.807, 2.05) is 37.3 Å². The quantitative estimate of drug-likeness (QED) is 0.312. The van der Waals surface area contributed by atoms with Crippen LogP contribution >= 0.6 is 0 Å². The number of ketones is 1. The maximum atomic E-state index is 12.2. The summed E-state index contributed by atoms with van der Waals surface area (Å²) in [6.07, 6.45) is -0.0740. The largest absolute Gasteiger partial charge is 0.489 e. The molecule has 32 heavy (non-hydrogen) atoms. The van der Waals surface area contributed by atoms with Gasteiger partial charge in [0.25, 0.3) is 0 Å². The van der Waals surface area contributed by atoms with Gasteiger partial charge in [0.15, 0.2) is 12.1 Å². The molecule has 0 heterocycles. The van der Waals surface area contributed by atoms with Crippen molar-refractivity contribution in [2.75, 3.05) is 0 Å². The third-order valence-corrected chi connectivity index (χ3v) is 5.75. The molecule has 3 rings (SSSR count). The minimum atomic E-state index is -1.47. The molecule has 0 saturated carbocycles. The predicted octanol–water partition coefficient (Wildman–Crippen LogP) is 6.19. The normalized spacial score (nSPS) is 11.2. The van der Waals surface area contributed by atoms with Crippen LogP contribution in [0.1, 0.15) is 78.9 Å². The molecular formula is C28H32O4. The molecule has 0 fully saturated rings. The van der Waals surface area contributed by atoms with Gasteiger partial charge in [-0.2, -0.15) is 0 Å². The van der Waals surface area contributed by atoms with Crippen LogP contribution in [0.3, 0.4) is 0 Å². The summed E-state index contributed by atoms with van der Waals surface area (Å²) < 4.78 is 6.05. The molecule has 0 aliphatic rings. The number of hydrogen-bond acceptors (Lipinski definition) is 4. The Morgan fingerprint density at radius 2 is 1.62 bits per heavy atom. The molecule has 0 radical (unpaired) electrons. The lowest BCUT2D eigenvalue weighted by Crippen LogP contribution is -2.02. The molecule has 4 nitrogen and oxygen atoms in total. The van der Waals surface area contributed by atoms with Crippen LogP contribution in [0.25, 0.3) is 11.1 Å². The van der Waals surface area contributed by atoms with Crippen molar-refractivity contribution in [3.63, 3.8) is 0 Å². The van der Waals surface area contributed by atoms with Crippen LogP contribution < -0.4 is 4.74 Å². The fourth-order valence-electron chi connectivity index (χ4n) is 3.82. The van der Waals surface area contributed by atoms with E-state index in [0.29, 0.717) is 18.6 Å². The second-order valence-electron chi connectivity index (χ2n) is 8.31. The Bertz CT molecular complexity index is 1070. The van der Waals surface area contributed by atoms with Crippen LogP contribution in [0.2, 0.25) is 0 Å². The van der Waals surface area contributed by atoms with E-state index in [9.17, 15) is 15.0 Å². The van der Waals surface area contributed by atoms with Crippen molar-refractivity contribution in [2.24, 2.45) is 0 Å². The summed E-state index contributed by atoms with van der Waals surface area (Å²) in [6, 6.07) is 19.2. The first-order valence-corrected chi connectivity index (χ1v) is 11.2. The lowest BCUT2D eigenvalue weighted by Gasteiger charge is -2.18. The molecule has 0 aromatic heterocycles. The summed E-state index contributed by atoms with van der Waals surface area (Å²) in [5.74, 6) is 1.21. The van der Waals surface area contributed by atoms with E-state index in [4.69, 9.17) is 4.74 Å². The van der Waals surface area contributed by atoms with Crippen LogP contribution in [0.15, 0.2) is 60.7 Å². The SMILES string of the molecule is CCC(=O)c1ccc(-c2cc(OCc3ccc(C(O)O)cc3)ccc2CC)c(C(C)C)c1. The topological polar surface area (TPSA) is 66.8 Å². The number of aliphatic hydroxyl groups is 2. The summed E-state index contributed by atoms with van der Waals surface area (Å²) in [4.78, 5) is 12.2. The number of Topliss-reactive ketones (excluding diaryl/α,β-unsaturated/α-hetero) is 1. The molecular weight excluding hydrogens is 400 g/mol. The van der Waals surface area contributed by atoms with E-state index in [1.165, 1.54) is 5.56 Å². The zero-order valence-corrected chi connectivity index (χ0v) is 19.3. The van der Waals surface area contributed by atoms with Crippen LogP contribution in [0, 0.1) is 0 Å². The highest BCUT2D eigenvalue weighted by Crippen LogP contribution is 2.35. The molecule has 3 aromatic rings. The summed E-state index contributed by atoms with van der Waals surface area (Å²) in [6.45, 7) is 8.71. The monoisotopic (exact) mass is 432 g/mol. The van der Waals surface area contributed by atoms with Gasteiger partial charge in [-0.15, -0.1) is 0 Å². The number of hydrogen-bond donors (Lipinski definition) is 2. The standard InChI is InChI=1S/C28H32O4/c1-5-20-11-13-23(32-17-19-7-9-21(10-8-19)28(30)31)16-26(20)24-14-12-22(27(29)6-2)15-25(24)18(3)4/h7-16,18,28,30-31H,5-6,17H2,1-4H3. The van der Waals surface area contributed by atoms with E-state index < -0.39 is 6.29 Å². The first-order chi connectivity index (χ1) is 15.3. The summed E-state index contributed by atoms with van der Waals surface area (Å²) >= 11 is 0. The van der Waals surface area contributed by atoms with Crippen molar-refractivity contribution < 1.29 is 19.7 Å². The van der Waals surface area contributed by atoms with Gasteiger partial charge in [-0.05, 0) is 58.4 Å². The van der Waals surface area contributed by atoms with Gasteiger partial charge in [0, 0.05) is 17.5 Å². The zero-order chi connectivity index (χ0) is 23.3. The average molecular weight is 433 g/mol. The van der Waals surface area contributed by atoms with Crippen molar-refractivity contribution >= 4 is 5.78 Å². The Hall–Kier alpha value is -2.95. The molecule has 0 amide bonds. The Kier molecular flexibility index (Phi) is 7.84. The van der Waals surface area contributed by atoms with Gasteiger partial charge in [0.1, 0.15) is 12.4 Å². The van der Waals surface area contributed by atoms with Crippen molar-refractivity contribution in [1.82, 2.24) is 0 Å². The Morgan fingerprint density at radius 1 is 0.906 bits per heavy atom. The van der Waals surface area contributed by atoms with E-state index in [2.05, 4.69) is 39.0 Å². The zero-order valence-electron chi connectivity index (χ0n) is 19.3. The second-order valence-corrected chi connectivity index (χ2v) is 8.31. The lowest BCUT2D eigenvalue weighted by atomic mass is 9.87. The number of benzene rings is 3. The van der Waals surface area contributed by atoms with Crippen LogP contribution in [-0.4, -0.2) is 16.0 Å². The molecule has 4 heteroatoms. The number of aryl methyl sites for hydroxylation is 1. The minimum absolute atomic E-state index is 0.158. The Morgan fingerprint density at radius 3 is 2.22 bits per heavy atom. The molecule has 3 aromatic carbocycles. The van der Waals surface area contributed by atoms with Gasteiger partial charge in [-0.1, -0.05) is 70.2 Å². The van der Waals surface area contributed by atoms with Gasteiger partial charge >= 0.3 is 0 Å². The van der Waals surface area contributed by atoms with Crippen LogP contribution in [0.5, 0.6) is 5.75 Å². The minimum Gasteiger partial charge on any atom is -0.489 e. The van der Waals surface area contributed by atoms with E-state index in [-0.39, 0.29) is 11.7 Å². The molecule has 0 aliphatic heterocycles. The molecule has 168 valence electrons. The van der Waals surface area contributed by atoms with Gasteiger partial charge in [-0.25, -0.2) is 0 Å².